The molecule has 3 rings (SSSR count). The zero-order valence-corrected chi connectivity index (χ0v) is 14.3. The van der Waals surface area contributed by atoms with Gasteiger partial charge in [0.15, 0.2) is 0 Å². The number of rotatable bonds is 5. The summed E-state index contributed by atoms with van der Waals surface area (Å²) in [5.74, 6) is -0.207. The smallest absolute Gasteiger partial charge is 0.347 e. The van der Waals surface area contributed by atoms with Crippen molar-refractivity contribution < 1.29 is 14.6 Å². The van der Waals surface area contributed by atoms with Crippen LogP contribution in [0.1, 0.15) is 26.5 Å². The number of nitrogens with zero attached hydrogens (tertiary/aromatic N) is 1. The van der Waals surface area contributed by atoms with Crippen LogP contribution in [0.15, 0.2) is 48.5 Å². The number of aromatic nitrogens is 1. The molecule has 4 nitrogen and oxygen atoms in total. The maximum absolute atomic E-state index is 11.2. The van der Waals surface area contributed by atoms with Gasteiger partial charge < -0.3 is 9.84 Å². The van der Waals surface area contributed by atoms with Gasteiger partial charge in [-0.25, -0.2) is 9.78 Å². The van der Waals surface area contributed by atoms with Crippen LogP contribution in [0, 0.1) is 13.8 Å². The fourth-order valence-corrected chi connectivity index (χ4v) is 3.31. The van der Waals surface area contributed by atoms with Crippen molar-refractivity contribution >= 4 is 17.3 Å². The van der Waals surface area contributed by atoms with Gasteiger partial charge in [-0.2, -0.15) is 0 Å². The summed E-state index contributed by atoms with van der Waals surface area (Å²) < 4.78 is 5.85. The van der Waals surface area contributed by atoms with Gasteiger partial charge in [0.25, 0.3) is 0 Å². The minimum absolute atomic E-state index is 0.274. The zero-order chi connectivity index (χ0) is 17.1. The van der Waals surface area contributed by atoms with Crippen LogP contribution in [0.3, 0.4) is 0 Å². The minimum Gasteiger partial charge on any atom is -0.489 e. The molecule has 3 aromatic rings. The first-order valence-electron chi connectivity index (χ1n) is 7.52. The van der Waals surface area contributed by atoms with E-state index in [9.17, 15) is 4.79 Å². The lowest BCUT2D eigenvalue weighted by Crippen LogP contribution is -1.95. The Morgan fingerprint density at radius 1 is 1.17 bits per heavy atom. The molecule has 0 unspecified atom stereocenters. The first kappa shape index (κ1) is 16.2. The standard InChI is InChI=1S/C19H17NO3S/c1-12-5-3-6-14(9-12)11-23-16-8-4-7-15(10-16)18-20-13(2)17(24-18)19(21)22/h3-10H,11H2,1-2H3,(H,21,22). The summed E-state index contributed by atoms with van der Waals surface area (Å²) in [5.41, 5.74) is 3.70. The molecule has 0 radical (unpaired) electrons. The third kappa shape index (κ3) is 3.63. The molecular formula is C19H17NO3S. The van der Waals surface area contributed by atoms with Gasteiger partial charge in [0.1, 0.15) is 22.2 Å². The molecule has 0 aliphatic carbocycles. The summed E-state index contributed by atoms with van der Waals surface area (Å²) in [5, 5.41) is 9.84. The Balaban J connectivity index is 1.79. The maximum atomic E-state index is 11.2. The Kier molecular flexibility index (Phi) is 4.62. The van der Waals surface area contributed by atoms with E-state index in [0.717, 1.165) is 16.9 Å². The predicted molar refractivity (Wildman–Crippen MR) is 94.8 cm³/mol. The largest absolute Gasteiger partial charge is 0.489 e. The number of carboxylic acids is 1. The molecule has 0 spiro atoms. The quantitative estimate of drug-likeness (QED) is 0.732. The van der Waals surface area contributed by atoms with E-state index < -0.39 is 5.97 Å². The van der Waals surface area contributed by atoms with Gasteiger partial charge in [0, 0.05) is 5.56 Å². The molecule has 0 bridgehead atoms. The molecule has 0 saturated heterocycles. The van der Waals surface area contributed by atoms with Gasteiger partial charge in [0.2, 0.25) is 0 Å². The predicted octanol–water partition coefficient (Wildman–Crippen LogP) is 4.70. The van der Waals surface area contributed by atoms with Gasteiger partial charge in [-0.3, -0.25) is 0 Å². The Bertz CT molecular complexity index is 886. The molecular weight excluding hydrogens is 322 g/mol. The fraction of sp³-hybridized carbons (Fsp3) is 0.158. The molecule has 1 N–H and O–H groups in total. The highest BCUT2D eigenvalue weighted by atomic mass is 32.1. The first-order chi connectivity index (χ1) is 11.5. The zero-order valence-electron chi connectivity index (χ0n) is 13.4. The second-order valence-electron chi connectivity index (χ2n) is 5.54. The molecule has 24 heavy (non-hydrogen) atoms. The van der Waals surface area contributed by atoms with Gasteiger partial charge in [-0.15, -0.1) is 11.3 Å². The normalized spacial score (nSPS) is 10.6. The lowest BCUT2D eigenvalue weighted by Gasteiger charge is -2.08. The highest BCUT2D eigenvalue weighted by Crippen LogP contribution is 2.30. The van der Waals surface area contributed by atoms with E-state index >= 15 is 0 Å². The molecule has 1 aromatic heterocycles. The minimum atomic E-state index is -0.942. The Morgan fingerprint density at radius 2 is 1.96 bits per heavy atom. The topological polar surface area (TPSA) is 59.4 Å². The summed E-state index contributed by atoms with van der Waals surface area (Å²) >= 11 is 1.18. The third-order valence-corrected chi connectivity index (χ3v) is 4.75. The van der Waals surface area contributed by atoms with E-state index in [2.05, 4.69) is 24.0 Å². The van der Waals surface area contributed by atoms with Gasteiger partial charge in [-0.1, -0.05) is 42.0 Å². The van der Waals surface area contributed by atoms with Crippen molar-refractivity contribution in [3.63, 3.8) is 0 Å². The summed E-state index contributed by atoms with van der Waals surface area (Å²) in [6.07, 6.45) is 0. The molecule has 0 aliphatic heterocycles. The van der Waals surface area contributed by atoms with E-state index in [1.807, 2.05) is 36.4 Å². The van der Waals surface area contributed by atoms with E-state index in [4.69, 9.17) is 9.84 Å². The van der Waals surface area contributed by atoms with E-state index in [-0.39, 0.29) is 4.88 Å². The first-order valence-corrected chi connectivity index (χ1v) is 8.34. The van der Waals surface area contributed by atoms with Crippen LogP contribution in [0.5, 0.6) is 5.75 Å². The van der Waals surface area contributed by atoms with Crippen molar-refractivity contribution in [3.05, 3.63) is 70.2 Å². The van der Waals surface area contributed by atoms with Gasteiger partial charge in [-0.05, 0) is 31.5 Å². The molecule has 1 heterocycles. The number of thiazole rings is 1. The molecule has 0 aliphatic rings. The van der Waals surface area contributed by atoms with E-state index in [1.54, 1.807) is 6.92 Å². The fourth-order valence-electron chi connectivity index (χ4n) is 2.41. The Hall–Kier alpha value is -2.66. The van der Waals surface area contributed by atoms with Crippen LogP contribution in [0.25, 0.3) is 10.6 Å². The summed E-state index contributed by atoms with van der Waals surface area (Å²) in [6.45, 7) is 4.25. The van der Waals surface area contributed by atoms with Gasteiger partial charge >= 0.3 is 5.97 Å². The maximum Gasteiger partial charge on any atom is 0.347 e. The Morgan fingerprint density at radius 3 is 2.67 bits per heavy atom. The second kappa shape index (κ2) is 6.84. The third-order valence-electron chi connectivity index (χ3n) is 3.56. The van der Waals surface area contributed by atoms with Crippen molar-refractivity contribution in [2.24, 2.45) is 0 Å². The van der Waals surface area contributed by atoms with Crippen molar-refractivity contribution in [2.75, 3.05) is 0 Å². The van der Waals surface area contributed by atoms with Crippen molar-refractivity contribution in [1.29, 1.82) is 0 Å². The van der Waals surface area contributed by atoms with Crippen LogP contribution in [0.4, 0.5) is 0 Å². The highest BCUT2D eigenvalue weighted by Gasteiger charge is 2.15. The molecule has 5 heteroatoms. The van der Waals surface area contributed by atoms with Crippen LogP contribution >= 0.6 is 11.3 Å². The number of hydrogen-bond acceptors (Lipinski definition) is 4. The average Bonchev–Trinajstić information content (AvgIpc) is 2.95. The van der Waals surface area contributed by atoms with Crippen LogP contribution < -0.4 is 4.74 Å². The number of aryl methyl sites for hydroxylation is 2. The van der Waals surface area contributed by atoms with Crippen LogP contribution in [-0.4, -0.2) is 16.1 Å². The number of hydrogen-bond donors (Lipinski definition) is 1. The summed E-state index contributed by atoms with van der Waals surface area (Å²) in [6, 6.07) is 15.7. The van der Waals surface area contributed by atoms with E-state index in [1.165, 1.54) is 16.9 Å². The lowest BCUT2D eigenvalue weighted by molar-refractivity contribution is 0.0701. The van der Waals surface area contributed by atoms with E-state index in [0.29, 0.717) is 17.3 Å². The van der Waals surface area contributed by atoms with Crippen LogP contribution in [-0.2, 0) is 6.61 Å². The molecule has 0 fully saturated rings. The van der Waals surface area contributed by atoms with Crippen molar-refractivity contribution in [3.8, 4) is 16.3 Å². The molecule has 122 valence electrons. The number of ether oxygens (including phenoxy) is 1. The molecule has 0 amide bonds. The number of carbonyl (C=O) groups is 1. The summed E-state index contributed by atoms with van der Waals surface area (Å²) in [7, 11) is 0. The summed E-state index contributed by atoms with van der Waals surface area (Å²) in [4.78, 5) is 15.8. The average molecular weight is 339 g/mol. The van der Waals surface area contributed by atoms with Gasteiger partial charge in [0.05, 0.1) is 5.69 Å². The Labute approximate surface area is 144 Å². The molecule has 0 atom stereocenters. The molecule has 2 aromatic carbocycles. The number of carboxylic acid groups (broad SMARTS) is 1. The van der Waals surface area contributed by atoms with Crippen LogP contribution in [0.2, 0.25) is 0 Å². The van der Waals surface area contributed by atoms with Crippen molar-refractivity contribution in [2.45, 2.75) is 20.5 Å². The SMILES string of the molecule is Cc1cccc(COc2cccc(-c3nc(C)c(C(=O)O)s3)c2)c1. The second-order valence-corrected chi connectivity index (χ2v) is 6.54. The molecule has 0 saturated carbocycles. The monoisotopic (exact) mass is 339 g/mol. The number of benzene rings is 2. The van der Waals surface area contributed by atoms with Crippen molar-refractivity contribution in [1.82, 2.24) is 4.98 Å². The lowest BCUT2D eigenvalue weighted by atomic mass is 10.1. The number of aromatic carboxylic acids is 1. The highest BCUT2D eigenvalue weighted by molar-refractivity contribution is 7.17.